The average Bonchev–Trinajstić information content (AvgIpc) is 2.75. The molecule has 1 aromatic carbocycles. The smallest absolute Gasteiger partial charge is 0.304 e. The first kappa shape index (κ1) is 15.3. The Balaban J connectivity index is 1.95. The second kappa shape index (κ2) is 5.74. The molecule has 21 heavy (non-hydrogen) atoms. The van der Waals surface area contributed by atoms with E-state index in [1.54, 1.807) is 13.8 Å². The van der Waals surface area contributed by atoms with Crippen LogP contribution >= 0.6 is 0 Å². The van der Waals surface area contributed by atoms with Crippen LogP contribution < -0.4 is 5.32 Å². The van der Waals surface area contributed by atoms with Gasteiger partial charge in [0.05, 0.1) is 11.5 Å². The number of nitro benzene ring substituents is 1. The van der Waals surface area contributed by atoms with Gasteiger partial charge >= 0.3 is 5.69 Å². The Morgan fingerprint density at radius 2 is 2.29 bits per heavy atom. The summed E-state index contributed by atoms with van der Waals surface area (Å²) in [5, 5.41) is 13.1. The lowest BCUT2D eigenvalue weighted by Gasteiger charge is -2.17. The highest BCUT2D eigenvalue weighted by atomic mass is 19.1. The van der Waals surface area contributed by atoms with E-state index in [0.29, 0.717) is 6.61 Å². The molecule has 1 aromatic rings. The summed E-state index contributed by atoms with van der Waals surface area (Å²) in [6, 6.07) is 3.00. The van der Waals surface area contributed by atoms with Crippen molar-refractivity contribution >= 4 is 11.6 Å². The summed E-state index contributed by atoms with van der Waals surface area (Å²) < 4.78 is 24.3. The van der Waals surface area contributed by atoms with Crippen LogP contribution in [-0.4, -0.2) is 35.9 Å². The van der Waals surface area contributed by atoms with Crippen LogP contribution in [0.3, 0.4) is 0 Å². The van der Waals surface area contributed by atoms with Gasteiger partial charge in [-0.3, -0.25) is 14.9 Å². The molecule has 1 fully saturated rings. The summed E-state index contributed by atoms with van der Waals surface area (Å²) in [5.74, 6) is -2.26. The van der Waals surface area contributed by atoms with Crippen molar-refractivity contribution in [1.82, 2.24) is 5.32 Å². The van der Waals surface area contributed by atoms with Crippen LogP contribution in [0.5, 0.6) is 0 Å². The Labute approximate surface area is 120 Å². The van der Waals surface area contributed by atoms with Crippen LogP contribution in [0.1, 0.15) is 24.2 Å². The van der Waals surface area contributed by atoms with E-state index < -0.39 is 28.1 Å². The van der Waals surface area contributed by atoms with Crippen LogP contribution in [0.25, 0.3) is 0 Å². The molecule has 0 bridgehead atoms. The van der Waals surface area contributed by atoms with Crippen molar-refractivity contribution in [1.29, 1.82) is 0 Å². The van der Waals surface area contributed by atoms with Gasteiger partial charge in [0.2, 0.25) is 5.82 Å². The van der Waals surface area contributed by atoms with Crippen LogP contribution in [-0.2, 0) is 9.47 Å². The third kappa shape index (κ3) is 3.73. The van der Waals surface area contributed by atoms with Crippen LogP contribution in [0.15, 0.2) is 18.2 Å². The summed E-state index contributed by atoms with van der Waals surface area (Å²) >= 11 is 0. The molecule has 0 spiro atoms. The molecule has 0 saturated carbocycles. The number of benzene rings is 1. The van der Waals surface area contributed by atoms with Crippen LogP contribution in [0.4, 0.5) is 10.1 Å². The Hall–Kier alpha value is -2.06. The molecule has 0 aromatic heterocycles. The molecule has 0 aliphatic carbocycles. The predicted molar refractivity (Wildman–Crippen MR) is 70.3 cm³/mol. The first-order valence-corrected chi connectivity index (χ1v) is 6.32. The number of nitrogens with zero attached hydrogens (tertiary/aromatic N) is 1. The second-order valence-corrected chi connectivity index (χ2v) is 5.08. The van der Waals surface area contributed by atoms with E-state index >= 15 is 0 Å². The van der Waals surface area contributed by atoms with Gasteiger partial charge in [-0.25, -0.2) is 0 Å². The van der Waals surface area contributed by atoms with Gasteiger partial charge in [-0.05, 0) is 26.0 Å². The summed E-state index contributed by atoms with van der Waals surface area (Å²) in [7, 11) is 0. The van der Waals surface area contributed by atoms with Gasteiger partial charge in [-0.2, -0.15) is 4.39 Å². The van der Waals surface area contributed by atoms with Gasteiger partial charge in [0, 0.05) is 18.2 Å². The molecule has 1 N–H and O–H groups in total. The summed E-state index contributed by atoms with van der Waals surface area (Å²) in [6.45, 7) is 4.09. The lowest BCUT2D eigenvalue weighted by atomic mass is 10.2. The van der Waals surface area contributed by atoms with E-state index in [0.717, 1.165) is 12.1 Å². The first-order chi connectivity index (χ1) is 9.78. The van der Waals surface area contributed by atoms with E-state index in [1.165, 1.54) is 6.07 Å². The number of rotatable bonds is 4. The Bertz CT molecular complexity index is 576. The molecule has 1 unspecified atom stereocenters. The predicted octanol–water partition coefficient (Wildman–Crippen LogP) is 1.62. The topological polar surface area (TPSA) is 90.7 Å². The third-order valence-electron chi connectivity index (χ3n) is 2.96. The zero-order valence-electron chi connectivity index (χ0n) is 11.6. The molecule has 1 saturated heterocycles. The molecule has 1 amide bonds. The molecular formula is C13H15FN2O5. The Morgan fingerprint density at radius 3 is 2.81 bits per heavy atom. The Morgan fingerprint density at radius 1 is 1.57 bits per heavy atom. The number of hydrogen-bond acceptors (Lipinski definition) is 5. The number of hydrogen-bond donors (Lipinski definition) is 1. The van der Waals surface area contributed by atoms with Gasteiger partial charge in [0.15, 0.2) is 5.79 Å². The highest BCUT2D eigenvalue weighted by Gasteiger charge is 2.32. The first-order valence-electron chi connectivity index (χ1n) is 6.32. The summed E-state index contributed by atoms with van der Waals surface area (Å²) in [4.78, 5) is 21.5. The molecule has 8 heteroatoms. The minimum Gasteiger partial charge on any atom is -0.349 e. The third-order valence-corrected chi connectivity index (χ3v) is 2.96. The number of carbonyl (C=O) groups is 1. The molecule has 1 atom stereocenters. The van der Waals surface area contributed by atoms with Gasteiger partial charge in [0.25, 0.3) is 5.91 Å². The fraction of sp³-hybridized carbons (Fsp3) is 0.462. The molecule has 7 nitrogen and oxygen atoms in total. The van der Waals surface area contributed by atoms with E-state index in [2.05, 4.69) is 5.32 Å². The van der Waals surface area contributed by atoms with Crippen LogP contribution in [0.2, 0.25) is 0 Å². The highest BCUT2D eigenvalue weighted by molar-refractivity contribution is 5.94. The number of nitro groups is 1. The lowest BCUT2D eigenvalue weighted by molar-refractivity contribution is -0.387. The SMILES string of the molecule is CC1(C)OCC(CNC(=O)c2ccc([N+](=O)[O-])c(F)c2)O1. The maximum Gasteiger partial charge on any atom is 0.304 e. The van der Waals surface area contributed by atoms with Crippen molar-refractivity contribution in [2.24, 2.45) is 0 Å². The number of halogens is 1. The van der Waals surface area contributed by atoms with Crippen molar-refractivity contribution in [3.05, 3.63) is 39.7 Å². The minimum atomic E-state index is -1.05. The number of ether oxygens (including phenoxy) is 2. The molecule has 114 valence electrons. The van der Waals surface area contributed by atoms with Crippen molar-refractivity contribution < 1.29 is 23.6 Å². The van der Waals surface area contributed by atoms with E-state index in [1.807, 2.05) is 0 Å². The standard InChI is InChI=1S/C13H15FN2O5/c1-13(2)20-7-9(21-13)6-15-12(17)8-3-4-11(16(18)19)10(14)5-8/h3-5,9H,6-7H2,1-2H3,(H,15,17). The zero-order valence-corrected chi connectivity index (χ0v) is 11.6. The monoisotopic (exact) mass is 298 g/mol. The van der Waals surface area contributed by atoms with Crippen molar-refractivity contribution in [3.8, 4) is 0 Å². The molecule has 1 aliphatic heterocycles. The molecule has 1 aliphatic rings. The quantitative estimate of drug-likeness (QED) is 0.673. The van der Waals surface area contributed by atoms with Crippen molar-refractivity contribution in [2.75, 3.05) is 13.2 Å². The van der Waals surface area contributed by atoms with E-state index in [9.17, 15) is 19.3 Å². The molecule has 1 heterocycles. The van der Waals surface area contributed by atoms with Gasteiger partial charge in [-0.15, -0.1) is 0 Å². The summed E-state index contributed by atoms with van der Waals surface area (Å²) in [6.07, 6.45) is -0.285. The normalized spacial score (nSPS) is 20.2. The number of carbonyl (C=O) groups excluding carboxylic acids is 1. The zero-order chi connectivity index (χ0) is 15.6. The number of amides is 1. The maximum absolute atomic E-state index is 13.4. The van der Waals surface area contributed by atoms with Crippen LogP contribution in [0, 0.1) is 15.9 Å². The van der Waals surface area contributed by atoms with Gasteiger partial charge in [0.1, 0.15) is 6.10 Å². The average molecular weight is 298 g/mol. The number of nitrogens with one attached hydrogen (secondary N) is 1. The second-order valence-electron chi connectivity index (χ2n) is 5.08. The van der Waals surface area contributed by atoms with Crippen molar-refractivity contribution in [2.45, 2.75) is 25.7 Å². The van der Waals surface area contributed by atoms with Gasteiger partial charge < -0.3 is 14.8 Å². The fourth-order valence-electron chi connectivity index (χ4n) is 1.97. The molecule has 0 radical (unpaired) electrons. The minimum absolute atomic E-state index is 0.0104. The molecule has 2 rings (SSSR count). The van der Waals surface area contributed by atoms with Gasteiger partial charge in [-0.1, -0.05) is 0 Å². The molecular weight excluding hydrogens is 283 g/mol. The largest absolute Gasteiger partial charge is 0.349 e. The highest BCUT2D eigenvalue weighted by Crippen LogP contribution is 2.22. The van der Waals surface area contributed by atoms with E-state index in [4.69, 9.17) is 9.47 Å². The lowest BCUT2D eigenvalue weighted by Crippen LogP contribution is -2.34. The van der Waals surface area contributed by atoms with E-state index in [-0.39, 0.29) is 18.2 Å². The fourth-order valence-corrected chi connectivity index (χ4v) is 1.97. The maximum atomic E-state index is 13.4. The summed E-state index contributed by atoms with van der Waals surface area (Å²) in [5.41, 5.74) is -0.655. The Kier molecular flexibility index (Phi) is 4.19. The van der Waals surface area contributed by atoms with Crippen molar-refractivity contribution in [3.63, 3.8) is 0 Å².